The highest BCUT2D eigenvalue weighted by atomic mass is 127. The van der Waals surface area contributed by atoms with Crippen LogP contribution in [-0.4, -0.2) is 16.4 Å². The van der Waals surface area contributed by atoms with E-state index in [0.717, 1.165) is 29.3 Å². The van der Waals surface area contributed by atoms with E-state index in [1.807, 2.05) is 24.3 Å². The standard InChI is InChI=1S/C13H15IN2OS/c14-10-5-3-9(4-6-10)11(17)16-13(12(15)18)7-1-2-8-13/h3-6H,1-2,7-8H2,(H2,15,18)(H,16,17). The van der Waals surface area contributed by atoms with Crippen molar-refractivity contribution in [1.82, 2.24) is 5.32 Å². The molecular formula is C13H15IN2OS. The molecule has 3 N–H and O–H groups in total. The normalized spacial score (nSPS) is 17.4. The van der Waals surface area contributed by atoms with Gasteiger partial charge in [0.15, 0.2) is 0 Å². The van der Waals surface area contributed by atoms with Crippen LogP contribution >= 0.6 is 34.8 Å². The van der Waals surface area contributed by atoms with E-state index in [1.165, 1.54) is 0 Å². The first-order chi connectivity index (χ1) is 8.53. The Morgan fingerprint density at radius 3 is 2.33 bits per heavy atom. The van der Waals surface area contributed by atoms with Crippen LogP contribution in [0.25, 0.3) is 0 Å². The molecule has 96 valence electrons. The fraction of sp³-hybridized carbons (Fsp3) is 0.385. The third kappa shape index (κ3) is 2.83. The Labute approximate surface area is 126 Å². The Morgan fingerprint density at radius 2 is 1.83 bits per heavy atom. The zero-order valence-electron chi connectivity index (χ0n) is 9.91. The molecule has 3 nitrogen and oxygen atoms in total. The largest absolute Gasteiger partial charge is 0.391 e. The van der Waals surface area contributed by atoms with E-state index in [2.05, 4.69) is 27.9 Å². The van der Waals surface area contributed by atoms with Crippen LogP contribution < -0.4 is 11.1 Å². The average Bonchev–Trinajstić information content (AvgIpc) is 2.79. The number of thiocarbonyl (C=S) groups is 1. The summed E-state index contributed by atoms with van der Waals surface area (Å²) in [6.45, 7) is 0. The quantitative estimate of drug-likeness (QED) is 0.632. The van der Waals surface area contributed by atoms with Crippen molar-refractivity contribution in [3.63, 3.8) is 0 Å². The maximum Gasteiger partial charge on any atom is 0.252 e. The lowest BCUT2D eigenvalue weighted by Gasteiger charge is -2.29. The van der Waals surface area contributed by atoms with Gasteiger partial charge in [-0.1, -0.05) is 25.1 Å². The van der Waals surface area contributed by atoms with Crippen LogP contribution in [0.15, 0.2) is 24.3 Å². The summed E-state index contributed by atoms with van der Waals surface area (Å²) in [6.07, 6.45) is 3.81. The number of carbonyl (C=O) groups is 1. The fourth-order valence-electron chi connectivity index (χ4n) is 2.30. The van der Waals surface area contributed by atoms with Gasteiger partial charge < -0.3 is 11.1 Å². The van der Waals surface area contributed by atoms with Crippen molar-refractivity contribution < 1.29 is 4.79 Å². The maximum atomic E-state index is 12.2. The van der Waals surface area contributed by atoms with Gasteiger partial charge in [0.1, 0.15) is 0 Å². The lowest BCUT2D eigenvalue weighted by Crippen LogP contribution is -2.54. The molecule has 1 saturated carbocycles. The van der Waals surface area contributed by atoms with E-state index in [-0.39, 0.29) is 5.91 Å². The lowest BCUT2D eigenvalue weighted by molar-refractivity contribution is 0.0924. The van der Waals surface area contributed by atoms with E-state index < -0.39 is 5.54 Å². The number of hydrogen-bond donors (Lipinski definition) is 2. The van der Waals surface area contributed by atoms with Crippen molar-refractivity contribution in [2.75, 3.05) is 0 Å². The van der Waals surface area contributed by atoms with E-state index in [9.17, 15) is 4.79 Å². The number of halogens is 1. The molecule has 0 bridgehead atoms. The highest BCUT2D eigenvalue weighted by Crippen LogP contribution is 2.30. The van der Waals surface area contributed by atoms with Crippen LogP contribution in [0, 0.1) is 3.57 Å². The number of carbonyl (C=O) groups excluding carboxylic acids is 1. The second-order valence-corrected chi connectivity index (χ2v) is 6.30. The van der Waals surface area contributed by atoms with E-state index in [4.69, 9.17) is 18.0 Å². The van der Waals surface area contributed by atoms with Gasteiger partial charge in [0, 0.05) is 9.13 Å². The molecule has 0 radical (unpaired) electrons. The number of amides is 1. The molecule has 18 heavy (non-hydrogen) atoms. The van der Waals surface area contributed by atoms with Gasteiger partial charge in [-0.25, -0.2) is 0 Å². The Morgan fingerprint density at radius 1 is 1.28 bits per heavy atom. The monoisotopic (exact) mass is 374 g/mol. The molecule has 0 unspecified atom stereocenters. The van der Waals surface area contributed by atoms with Gasteiger partial charge in [0.25, 0.3) is 5.91 Å². The summed E-state index contributed by atoms with van der Waals surface area (Å²) in [6, 6.07) is 7.47. The fourth-order valence-corrected chi connectivity index (χ4v) is 2.92. The number of rotatable bonds is 3. The summed E-state index contributed by atoms with van der Waals surface area (Å²) < 4.78 is 1.11. The van der Waals surface area contributed by atoms with Gasteiger partial charge >= 0.3 is 0 Å². The van der Waals surface area contributed by atoms with Gasteiger partial charge in [-0.2, -0.15) is 0 Å². The van der Waals surface area contributed by atoms with Gasteiger partial charge in [0.05, 0.1) is 10.5 Å². The average molecular weight is 374 g/mol. The summed E-state index contributed by atoms with van der Waals surface area (Å²) in [4.78, 5) is 12.6. The predicted molar refractivity (Wildman–Crippen MR) is 84.6 cm³/mol. The molecule has 1 amide bonds. The van der Waals surface area contributed by atoms with Crippen LogP contribution in [-0.2, 0) is 0 Å². The first-order valence-corrected chi connectivity index (χ1v) is 7.40. The summed E-state index contributed by atoms with van der Waals surface area (Å²) >= 11 is 7.33. The second-order valence-electron chi connectivity index (χ2n) is 4.61. The topological polar surface area (TPSA) is 55.1 Å². The predicted octanol–water partition coefficient (Wildman–Crippen LogP) is 2.62. The minimum absolute atomic E-state index is 0.0962. The second kappa shape index (κ2) is 5.52. The number of nitrogens with one attached hydrogen (secondary N) is 1. The molecule has 1 aliphatic rings. The molecule has 1 aliphatic carbocycles. The zero-order valence-corrected chi connectivity index (χ0v) is 12.9. The van der Waals surface area contributed by atoms with Gasteiger partial charge in [-0.15, -0.1) is 0 Å². The number of nitrogens with two attached hydrogens (primary N) is 1. The molecule has 1 fully saturated rings. The van der Waals surface area contributed by atoms with Crippen molar-refractivity contribution in [2.45, 2.75) is 31.2 Å². The minimum atomic E-state index is -0.477. The number of benzene rings is 1. The van der Waals surface area contributed by atoms with Crippen LogP contribution in [0.2, 0.25) is 0 Å². The van der Waals surface area contributed by atoms with E-state index in [0.29, 0.717) is 10.6 Å². The van der Waals surface area contributed by atoms with Crippen LogP contribution in [0.4, 0.5) is 0 Å². The highest BCUT2D eigenvalue weighted by molar-refractivity contribution is 14.1. The molecule has 0 heterocycles. The van der Waals surface area contributed by atoms with E-state index >= 15 is 0 Å². The molecule has 1 aromatic carbocycles. The molecule has 5 heteroatoms. The van der Waals surface area contributed by atoms with Gasteiger partial charge in [0.2, 0.25) is 0 Å². The molecule has 0 aliphatic heterocycles. The van der Waals surface area contributed by atoms with Crippen molar-refractivity contribution in [3.8, 4) is 0 Å². The summed E-state index contributed by atoms with van der Waals surface area (Å²) in [5, 5.41) is 3.02. The zero-order chi connectivity index (χ0) is 13.2. The van der Waals surface area contributed by atoms with Crippen LogP contribution in [0.1, 0.15) is 36.0 Å². The molecule has 0 saturated heterocycles. The minimum Gasteiger partial charge on any atom is -0.391 e. The third-order valence-electron chi connectivity index (χ3n) is 3.39. The lowest BCUT2D eigenvalue weighted by atomic mass is 9.97. The summed E-state index contributed by atoms with van der Waals surface area (Å²) in [5.41, 5.74) is 5.97. The highest BCUT2D eigenvalue weighted by Gasteiger charge is 2.38. The van der Waals surface area contributed by atoms with Crippen LogP contribution in [0.3, 0.4) is 0 Å². The molecule has 0 atom stereocenters. The molecule has 1 aromatic rings. The van der Waals surface area contributed by atoms with Crippen molar-refractivity contribution in [1.29, 1.82) is 0 Å². The summed E-state index contributed by atoms with van der Waals surface area (Å²) in [5.74, 6) is -0.0962. The Bertz CT molecular complexity index is 466. The maximum absolute atomic E-state index is 12.2. The van der Waals surface area contributed by atoms with Crippen molar-refractivity contribution >= 4 is 45.7 Å². The Hall–Kier alpha value is -0.690. The van der Waals surface area contributed by atoms with Crippen LogP contribution in [0.5, 0.6) is 0 Å². The van der Waals surface area contributed by atoms with Crippen molar-refractivity contribution in [3.05, 3.63) is 33.4 Å². The van der Waals surface area contributed by atoms with E-state index in [1.54, 1.807) is 0 Å². The Kier molecular flexibility index (Phi) is 4.21. The Balaban J connectivity index is 2.15. The molecule has 2 rings (SSSR count). The molecule has 0 spiro atoms. The SMILES string of the molecule is NC(=S)C1(NC(=O)c2ccc(I)cc2)CCCC1. The molecular weight excluding hydrogens is 359 g/mol. The summed E-state index contributed by atoms with van der Waals surface area (Å²) in [7, 11) is 0. The first kappa shape index (κ1) is 13.7. The smallest absolute Gasteiger partial charge is 0.252 e. The number of hydrogen-bond acceptors (Lipinski definition) is 2. The molecule has 0 aromatic heterocycles. The first-order valence-electron chi connectivity index (χ1n) is 5.91. The van der Waals surface area contributed by atoms with Crippen molar-refractivity contribution in [2.24, 2.45) is 5.73 Å². The third-order valence-corrected chi connectivity index (χ3v) is 4.50. The van der Waals surface area contributed by atoms with Gasteiger partial charge in [-0.3, -0.25) is 4.79 Å². The van der Waals surface area contributed by atoms with Gasteiger partial charge in [-0.05, 0) is 59.7 Å².